The van der Waals surface area contributed by atoms with Crippen LogP contribution in [0.2, 0.25) is 0 Å². The Balaban J connectivity index is 2.33. The fraction of sp³-hybridized carbons (Fsp3) is 0.714. The molecule has 1 heterocycles. The summed E-state index contributed by atoms with van der Waals surface area (Å²) in [5, 5.41) is 2.60. The van der Waals surface area contributed by atoms with Gasteiger partial charge in [0.15, 0.2) is 5.69 Å². The van der Waals surface area contributed by atoms with E-state index in [-0.39, 0.29) is 12.0 Å². The maximum Gasteiger partial charge on any atom is 0.433 e. The molecule has 1 saturated carbocycles. The first kappa shape index (κ1) is 15.9. The van der Waals surface area contributed by atoms with E-state index in [9.17, 15) is 13.2 Å². The van der Waals surface area contributed by atoms with E-state index in [1.54, 1.807) is 0 Å². The number of halogens is 3. The Morgan fingerprint density at radius 3 is 2.48 bits per heavy atom. The minimum Gasteiger partial charge on any atom is -0.357 e. The number of rotatable bonds is 3. The average molecular weight is 302 g/mol. The number of nitrogens with zero attached hydrogens (tertiary/aromatic N) is 3. The summed E-state index contributed by atoms with van der Waals surface area (Å²) in [4.78, 5) is 9.54. The number of alkyl halides is 3. The molecule has 0 spiro atoms. The van der Waals surface area contributed by atoms with Crippen molar-refractivity contribution in [3.05, 3.63) is 11.8 Å². The molecule has 2 atom stereocenters. The molecular formula is C14H21F3N4. The van der Waals surface area contributed by atoms with Crippen molar-refractivity contribution in [3.63, 3.8) is 0 Å². The lowest BCUT2D eigenvalue weighted by molar-refractivity contribution is -0.141. The van der Waals surface area contributed by atoms with E-state index >= 15 is 0 Å². The largest absolute Gasteiger partial charge is 0.433 e. The normalized spacial score (nSPS) is 23.0. The molecule has 0 bridgehead atoms. The molecular weight excluding hydrogens is 281 g/mol. The molecule has 0 radical (unpaired) electrons. The summed E-state index contributed by atoms with van der Waals surface area (Å²) < 4.78 is 38.8. The number of nitrogens with one attached hydrogen (secondary N) is 1. The summed E-state index contributed by atoms with van der Waals surface area (Å²) in [5.41, 5.74) is -0.910. The van der Waals surface area contributed by atoms with Gasteiger partial charge < -0.3 is 10.2 Å². The van der Waals surface area contributed by atoms with Gasteiger partial charge in [-0.25, -0.2) is 4.98 Å². The van der Waals surface area contributed by atoms with Crippen LogP contribution in [0.15, 0.2) is 6.07 Å². The molecule has 0 amide bonds. The quantitative estimate of drug-likeness (QED) is 0.927. The van der Waals surface area contributed by atoms with Gasteiger partial charge in [0.1, 0.15) is 5.82 Å². The lowest BCUT2D eigenvalue weighted by Crippen LogP contribution is -2.39. The Bertz CT molecular complexity index is 490. The third-order valence-electron chi connectivity index (χ3n) is 4.15. The second-order valence-electron chi connectivity index (χ2n) is 5.62. The molecule has 1 N–H and O–H groups in total. The first-order valence-corrected chi connectivity index (χ1v) is 7.19. The van der Waals surface area contributed by atoms with E-state index in [1.807, 2.05) is 11.9 Å². The molecule has 0 aromatic carbocycles. The lowest BCUT2D eigenvalue weighted by atomic mass is 9.85. The van der Waals surface area contributed by atoms with Gasteiger partial charge in [0.25, 0.3) is 0 Å². The van der Waals surface area contributed by atoms with Gasteiger partial charge in [-0.15, -0.1) is 0 Å². The fourth-order valence-corrected chi connectivity index (χ4v) is 2.91. The standard InChI is InChI=1S/C14H21F3N4/c1-9-6-4-5-7-10(9)21(3)12-8-11(14(15,16)17)19-13(18-2)20-12/h8-10H,4-7H2,1-3H3,(H,18,19,20). The van der Waals surface area contributed by atoms with Crippen LogP contribution in [-0.2, 0) is 6.18 Å². The van der Waals surface area contributed by atoms with Crippen molar-refractivity contribution in [2.24, 2.45) is 5.92 Å². The van der Waals surface area contributed by atoms with Crippen LogP contribution in [0.3, 0.4) is 0 Å². The number of hydrogen-bond donors (Lipinski definition) is 1. The van der Waals surface area contributed by atoms with Crippen LogP contribution in [0.1, 0.15) is 38.3 Å². The molecule has 1 fully saturated rings. The van der Waals surface area contributed by atoms with Crippen LogP contribution in [-0.4, -0.2) is 30.1 Å². The summed E-state index contributed by atoms with van der Waals surface area (Å²) in [7, 11) is 3.33. The van der Waals surface area contributed by atoms with E-state index in [4.69, 9.17) is 0 Å². The van der Waals surface area contributed by atoms with Crippen molar-refractivity contribution in [1.29, 1.82) is 0 Å². The first-order valence-electron chi connectivity index (χ1n) is 7.19. The van der Waals surface area contributed by atoms with Crippen LogP contribution in [0.25, 0.3) is 0 Å². The van der Waals surface area contributed by atoms with Crippen molar-refractivity contribution in [1.82, 2.24) is 9.97 Å². The Kier molecular flexibility index (Phi) is 4.58. The number of anilines is 2. The SMILES string of the molecule is CNc1nc(N(C)C2CCCCC2C)cc(C(F)(F)F)n1. The molecule has 1 aliphatic rings. The Labute approximate surface area is 122 Å². The lowest BCUT2D eigenvalue weighted by Gasteiger charge is -2.37. The predicted octanol–water partition coefficient (Wildman–Crippen LogP) is 3.55. The summed E-state index contributed by atoms with van der Waals surface area (Å²) in [5.74, 6) is 0.765. The molecule has 118 valence electrons. The molecule has 2 unspecified atom stereocenters. The van der Waals surface area contributed by atoms with Crippen molar-refractivity contribution >= 4 is 11.8 Å². The molecule has 2 rings (SSSR count). The monoisotopic (exact) mass is 302 g/mol. The summed E-state index contributed by atoms with van der Waals surface area (Å²) in [6, 6.07) is 1.25. The van der Waals surface area contributed by atoms with Crippen molar-refractivity contribution < 1.29 is 13.2 Å². The van der Waals surface area contributed by atoms with E-state index in [0.717, 1.165) is 25.3 Å². The van der Waals surface area contributed by atoms with Gasteiger partial charge in [-0.05, 0) is 18.8 Å². The van der Waals surface area contributed by atoms with E-state index in [1.165, 1.54) is 13.5 Å². The van der Waals surface area contributed by atoms with E-state index in [2.05, 4.69) is 22.2 Å². The molecule has 7 heteroatoms. The Morgan fingerprint density at radius 1 is 1.24 bits per heavy atom. The molecule has 0 saturated heterocycles. The maximum absolute atomic E-state index is 12.9. The number of hydrogen-bond acceptors (Lipinski definition) is 4. The average Bonchev–Trinajstić information content (AvgIpc) is 2.45. The highest BCUT2D eigenvalue weighted by atomic mass is 19.4. The van der Waals surface area contributed by atoms with Crippen LogP contribution in [0.5, 0.6) is 0 Å². The van der Waals surface area contributed by atoms with Crippen molar-refractivity contribution in [3.8, 4) is 0 Å². The topological polar surface area (TPSA) is 41.1 Å². The Hall–Kier alpha value is -1.53. The molecule has 21 heavy (non-hydrogen) atoms. The maximum atomic E-state index is 12.9. The fourth-order valence-electron chi connectivity index (χ4n) is 2.91. The van der Waals surface area contributed by atoms with Gasteiger partial charge in [0.05, 0.1) is 0 Å². The third kappa shape index (κ3) is 3.57. The minimum absolute atomic E-state index is 0.00450. The second kappa shape index (κ2) is 6.07. The molecule has 4 nitrogen and oxygen atoms in total. The van der Waals surface area contributed by atoms with Gasteiger partial charge in [0.2, 0.25) is 5.95 Å². The van der Waals surface area contributed by atoms with Crippen LogP contribution in [0, 0.1) is 5.92 Å². The smallest absolute Gasteiger partial charge is 0.357 e. The highest BCUT2D eigenvalue weighted by Gasteiger charge is 2.35. The van der Waals surface area contributed by atoms with Crippen LogP contribution in [0.4, 0.5) is 24.9 Å². The van der Waals surface area contributed by atoms with Crippen LogP contribution >= 0.6 is 0 Å². The zero-order chi connectivity index (χ0) is 15.6. The minimum atomic E-state index is -4.47. The number of aromatic nitrogens is 2. The van der Waals surface area contributed by atoms with Gasteiger partial charge in [0, 0.05) is 26.2 Å². The van der Waals surface area contributed by atoms with Gasteiger partial charge >= 0.3 is 6.18 Å². The zero-order valence-corrected chi connectivity index (χ0v) is 12.5. The molecule has 1 aromatic rings. The first-order chi connectivity index (χ1) is 9.82. The summed E-state index contributed by atoms with van der Waals surface area (Å²) in [6.45, 7) is 2.14. The third-order valence-corrected chi connectivity index (χ3v) is 4.15. The highest BCUT2D eigenvalue weighted by Crippen LogP contribution is 2.33. The molecule has 1 aliphatic carbocycles. The zero-order valence-electron chi connectivity index (χ0n) is 12.5. The van der Waals surface area contributed by atoms with Gasteiger partial charge in [-0.3, -0.25) is 0 Å². The van der Waals surface area contributed by atoms with E-state index in [0.29, 0.717) is 11.7 Å². The Morgan fingerprint density at radius 2 is 1.90 bits per heavy atom. The highest BCUT2D eigenvalue weighted by molar-refractivity contribution is 5.45. The molecule has 1 aromatic heterocycles. The second-order valence-corrected chi connectivity index (χ2v) is 5.62. The van der Waals surface area contributed by atoms with Gasteiger partial charge in [-0.1, -0.05) is 19.8 Å². The predicted molar refractivity (Wildman–Crippen MR) is 76.4 cm³/mol. The summed E-state index contributed by atoms with van der Waals surface area (Å²) in [6.07, 6.45) is -0.0917. The molecule has 0 aliphatic heterocycles. The van der Waals surface area contributed by atoms with Gasteiger partial charge in [-0.2, -0.15) is 18.2 Å². The van der Waals surface area contributed by atoms with Crippen molar-refractivity contribution in [2.75, 3.05) is 24.3 Å². The summed E-state index contributed by atoms with van der Waals surface area (Å²) >= 11 is 0. The van der Waals surface area contributed by atoms with Crippen molar-refractivity contribution in [2.45, 2.75) is 44.8 Å². The van der Waals surface area contributed by atoms with E-state index < -0.39 is 11.9 Å². The van der Waals surface area contributed by atoms with Crippen LogP contribution < -0.4 is 10.2 Å².